The summed E-state index contributed by atoms with van der Waals surface area (Å²) in [7, 11) is 1.62. The minimum atomic E-state index is -0.0166. The first-order chi connectivity index (χ1) is 11.7. The summed E-state index contributed by atoms with van der Waals surface area (Å²) in [6, 6.07) is 7.57. The van der Waals surface area contributed by atoms with E-state index < -0.39 is 0 Å². The number of aromatic nitrogens is 1. The molecule has 1 saturated heterocycles. The smallest absolute Gasteiger partial charge is 0.226 e. The molecule has 0 atom stereocenters. The molecule has 0 radical (unpaired) electrons. The average Bonchev–Trinajstić information content (AvgIpc) is 3.16. The summed E-state index contributed by atoms with van der Waals surface area (Å²) in [5.41, 5.74) is 0.945. The van der Waals surface area contributed by atoms with Crippen LogP contribution in [0.25, 0.3) is 0 Å². The molecule has 1 aliphatic rings. The van der Waals surface area contributed by atoms with Gasteiger partial charge in [-0.2, -0.15) is 0 Å². The monoisotopic (exact) mass is 344 g/mol. The van der Waals surface area contributed by atoms with E-state index >= 15 is 0 Å². The maximum Gasteiger partial charge on any atom is 0.226 e. The molecule has 0 aliphatic carbocycles. The highest BCUT2D eigenvalue weighted by atomic mass is 32.1. The van der Waals surface area contributed by atoms with E-state index in [1.54, 1.807) is 13.3 Å². The van der Waals surface area contributed by atoms with E-state index in [0.717, 1.165) is 11.3 Å². The van der Waals surface area contributed by atoms with E-state index in [9.17, 15) is 9.59 Å². The maximum atomic E-state index is 12.5. The van der Waals surface area contributed by atoms with Gasteiger partial charge < -0.3 is 9.64 Å². The van der Waals surface area contributed by atoms with Crippen molar-refractivity contribution in [1.82, 2.24) is 9.88 Å². The van der Waals surface area contributed by atoms with Crippen LogP contribution in [-0.4, -0.2) is 41.8 Å². The fourth-order valence-electron chi connectivity index (χ4n) is 2.98. The van der Waals surface area contributed by atoms with Gasteiger partial charge in [0.15, 0.2) is 10.8 Å². The van der Waals surface area contributed by atoms with E-state index in [4.69, 9.17) is 4.74 Å². The van der Waals surface area contributed by atoms with E-state index in [2.05, 4.69) is 4.98 Å². The molecular weight excluding hydrogens is 324 g/mol. The van der Waals surface area contributed by atoms with Gasteiger partial charge in [-0.3, -0.25) is 9.59 Å². The second-order valence-corrected chi connectivity index (χ2v) is 6.78. The summed E-state index contributed by atoms with van der Waals surface area (Å²) in [6.07, 6.45) is 3.44. The second-order valence-electron chi connectivity index (χ2n) is 5.88. The van der Waals surface area contributed by atoms with Crippen molar-refractivity contribution in [2.75, 3.05) is 20.2 Å². The molecule has 1 fully saturated rings. The summed E-state index contributed by atoms with van der Waals surface area (Å²) >= 11 is 1.38. The van der Waals surface area contributed by atoms with Crippen molar-refractivity contribution in [2.24, 2.45) is 5.92 Å². The molecule has 126 valence electrons. The van der Waals surface area contributed by atoms with Crippen molar-refractivity contribution >= 4 is 23.0 Å². The zero-order valence-electron chi connectivity index (χ0n) is 13.6. The first-order valence-corrected chi connectivity index (χ1v) is 8.89. The highest BCUT2D eigenvalue weighted by Crippen LogP contribution is 2.23. The minimum Gasteiger partial charge on any atom is -0.497 e. The zero-order valence-corrected chi connectivity index (χ0v) is 14.4. The van der Waals surface area contributed by atoms with E-state index in [-0.39, 0.29) is 17.6 Å². The molecule has 1 aromatic heterocycles. The lowest BCUT2D eigenvalue weighted by atomic mass is 9.92. The molecule has 1 amide bonds. The van der Waals surface area contributed by atoms with Gasteiger partial charge in [-0.1, -0.05) is 12.1 Å². The molecular formula is C18H20N2O3S. The lowest BCUT2D eigenvalue weighted by Crippen LogP contribution is -2.41. The maximum absolute atomic E-state index is 12.5. The van der Waals surface area contributed by atoms with Crippen LogP contribution in [0.5, 0.6) is 5.75 Å². The van der Waals surface area contributed by atoms with Crippen molar-refractivity contribution in [3.63, 3.8) is 0 Å². The van der Waals surface area contributed by atoms with Crippen LogP contribution in [0.2, 0.25) is 0 Å². The number of hydrogen-bond acceptors (Lipinski definition) is 5. The Morgan fingerprint density at radius 1 is 1.33 bits per heavy atom. The van der Waals surface area contributed by atoms with Crippen LogP contribution in [0.15, 0.2) is 35.8 Å². The van der Waals surface area contributed by atoms with Crippen molar-refractivity contribution < 1.29 is 14.3 Å². The van der Waals surface area contributed by atoms with Crippen molar-refractivity contribution in [3.8, 4) is 5.75 Å². The average molecular weight is 344 g/mol. The van der Waals surface area contributed by atoms with Gasteiger partial charge in [-0.05, 0) is 30.5 Å². The molecule has 0 spiro atoms. The number of rotatable bonds is 5. The highest BCUT2D eigenvalue weighted by Gasteiger charge is 2.28. The van der Waals surface area contributed by atoms with Crippen LogP contribution < -0.4 is 4.74 Å². The molecule has 0 unspecified atom stereocenters. The number of carbonyl (C=O) groups is 2. The lowest BCUT2D eigenvalue weighted by molar-refractivity contribution is -0.131. The van der Waals surface area contributed by atoms with Crippen LogP contribution in [0.1, 0.15) is 28.2 Å². The molecule has 0 N–H and O–H groups in total. The summed E-state index contributed by atoms with van der Waals surface area (Å²) < 4.78 is 5.19. The largest absolute Gasteiger partial charge is 0.497 e. The number of benzene rings is 1. The predicted octanol–water partition coefficient (Wildman–Crippen LogP) is 2.82. The molecule has 0 saturated carbocycles. The number of hydrogen-bond donors (Lipinski definition) is 0. The Labute approximate surface area is 145 Å². The number of likely N-dealkylation sites (tertiary alicyclic amines) is 1. The van der Waals surface area contributed by atoms with Gasteiger partial charge in [0.1, 0.15) is 5.75 Å². The quantitative estimate of drug-likeness (QED) is 0.783. The third-order valence-electron chi connectivity index (χ3n) is 4.35. The van der Waals surface area contributed by atoms with Gasteiger partial charge in [0.25, 0.3) is 0 Å². The van der Waals surface area contributed by atoms with Crippen molar-refractivity contribution in [3.05, 3.63) is 46.4 Å². The van der Waals surface area contributed by atoms with E-state index in [0.29, 0.717) is 37.4 Å². The Kier molecular flexibility index (Phi) is 5.25. The number of ketones is 1. The molecule has 6 heteroatoms. The Morgan fingerprint density at radius 2 is 2.12 bits per heavy atom. The molecule has 0 bridgehead atoms. The Balaban J connectivity index is 1.54. The SMILES string of the molecule is COc1cccc(CC(=O)N2CCC(C(=O)c3nccs3)CC2)c1. The summed E-state index contributed by atoms with van der Waals surface area (Å²) in [4.78, 5) is 30.7. The normalized spacial score (nSPS) is 15.3. The van der Waals surface area contributed by atoms with Crippen molar-refractivity contribution in [2.45, 2.75) is 19.3 Å². The van der Waals surface area contributed by atoms with E-state index in [1.807, 2.05) is 34.5 Å². The van der Waals surface area contributed by atoms with Gasteiger partial charge >= 0.3 is 0 Å². The number of Topliss-reactive ketones (excluding diaryl/α,β-unsaturated/α-hetero) is 1. The third kappa shape index (κ3) is 3.82. The van der Waals surface area contributed by atoms with Crippen LogP contribution in [0.3, 0.4) is 0 Å². The minimum absolute atomic E-state index is 0.0166. The highest BCUT2D eigenvalue weighted by molar-refractivity contribution is 7.11. The molecule has 2 heterocycles. The van der Waals surface area contributed by atoms with Crippen LogP contribution in [0, 0.1) is 5.92 Å². The molecule has 3 rings (SSSR count). The standard InChI is InChI=1S/C18H20N2O3S/c1-23-15-4-2-3-13(11-15)12-16(21)20-8-5-14(6-9-20)17(22)18-19-7-10-24-18/h2-4,7,10-11,14H,5-6,8-9,12H2,1H3. The van der Waals surface area contributed by atoms with Gasteiger partial charge in [-0.25, -0.2) is 4.98 Å². The number of ether oxygens (including phenoxy) is 1. The fraction of sp³-hybridized carbons (Fsp3) is 0.389. The number of amides is 1. The molecule has 24 heavy (non-hydrogen) atoms. The summed E-state index contributed by atoms with van der Waals surface area (Å²) in [6.45, 7) is 1.26. The van der Waals surface area contributed by atoms with E-state index in [1.165, 1.54) is 11.3 Å². The van der Waals surface area contributed by atoms with Crippen molar-refractivity contribution in [1.29, 1.82) is 0 Å². The topological polar surface area (TPSA) is 59.5 Å². The lowest BCUT2D eigenvalue weighted by Gasteiger charge is -2.31. The molecule has 5 nitrogen and oxygen atoms in total. The first-order valence-electron chi connectivity index (χ1n) is 8.02. The van der Waals surface area contributed by atoms with Gasteiger partial charge in [0.2, 0.25) is 5.91 Å². The number of nitrogens with zero attached hydrogens (tertiary/aromatic N) is 2. The van der Waals surface area contributed by atoms with Gasteiger partial charge in [-0.15, -0.1) is 11.3 Å². The Morgan fingerprint density at radius 3 is 2.79 bits per heavy atom. The third-order valence-corrected chi connectivity index (χ3v) is 5.14. The Bertz CT molecular complexity index is 707. The molecule has 1 aromatic carbocycles. The van der Waals surface area contributed by atoms with Crippen LogP contribution >= 0.6 is 11.3 Å². The molecule has 1 aliphatic heterocycles. The van der Waals surface area contributed by atoms with Gasteiger partial charge in [0, 0.05) is 30.6 Å². The van der Waals surface area contributed by atoms with Crippen LogP contribution in [0.4, 0.5) is 0 Å². The first kappa shape index (κ1) is 16.6. The number of piperidine rings is 1. The number of thiazole rings is 1. The molecule has 2 aromatic rings. The van der Waals surface area contributed by atoms with Crippen LogP contribution in [-0.2, 0) is 11.2 Å². The number of carbonyl (C=O) groups excluding carboxylic acids is 2. The zero-order chi connectivity index (χ0) is 16.9. The predicted molar refractivity (Wildman–Crippen MR) is 92.4 cm³/mol. The summed E-state index contributed by atoms with van der Waals surface area (Å²) in [5, 5.41) is 2.40. The summed E-state index contributed by atoms with van der Waals surface area (Å²) in [5.74, 6) is 0.957. The fourth-order valence-corrected chi connectivity index (χ4v) is 3.63. The second kappa shape index (κ2) is 7.57. The number of methoxy groups -OCH3 is 1. The Hall–Kier alpha value is -2.21. The van der Waals surface area contributed by atoms with Gasteiger partial charge in [0.05, 0.1) is 13.5 Å².